The van der Waals surface area contributed by atoms with Gasteiger partial charge in [0.1, 0.15) is 6.04 Å². The van der Waals surface area contributed by atoms with Gasteiger partial charge in [-0.05, 0) is 32.9 Å². The van der Waals surface area contributed by atoms with Crippen LogP contribution in [0.1, 0.15) is 63.1 Å². The highest BCUT2D eigenvalue weighted by molar-refractivity contribution is 7.99. The van der Waals surface area contributed by atoms with Crippen molar-refractivity contribution in [3.63, 3.8) is 0 Å². The van der Waals surface area contributed by atoms with Crippen molar-refractivity contribution in [2.24, 2.45) is 5.92 Å². The number of ketones is 1. The molecule has 0 aromatic carbocycles. The van der Waals surface area contributed by atoms with Crippen molar-refractivity contribution in [2.75, 3.05) is 26.4 Å². The third-order valence-corrected chi connectivity index (χ3v) is 5.77. The SMILES string of the molecule is CC(C)[C@@H](C(=O)c1nnc(SCCN(C)C)o1)N(C=O)C1CCCCCC1. The lowest BCUT2D eigenvalue weighted by atomic mass is 9.94. The maximum atomic E-state index is 13.1. The molecule has 1 heterocycles. The molecule has 0 aliphatic heterocycles. The van der Waals surface area contributed by atoms with E-state index in [9.17, 15) is 9.59 Å². The van der Waals surface area contributed by atoms with E-state index in [1.165, 1.54) is 24.6 Å². The van der Waals surface area contributed by atoms with Gasteiger partial charge in [0.05, 0.1) is 0 Å². The minimum absolute atomic E-state index is 0.00141. The van der Waals surface area contributed by atoms with Crippen LogP contribution in [0.3, 0.4) is 0 Å². The van der Waals surface area contributed by atoms with E-state index in [1.54, 1.807) is 4.90 Å². The summed E-state index contributed by atoms with van der Waals surface area (Å²) in [5, 5.41) is 8.34. The number of thioether (sulfide) groups is 1. The number of aromatic nitrogens is 2. The lowest BCUT2D eigenvalue weighted by Crippen LogP contribution is -2.49. The van der Waals surface area contributed by atoms with Crippen molar-refractivity contribution >= 4 is 24.0 Å². The zero-order valence-corrected chi connectivity index (χ0v) is 17.7. The highest BCUT2D eigenvalue weighted by Gasteiger charge is 2.36. The average molecular weight is 397 g/mol. The maximum Gasteiger partial charge on any atom is 0.286 e. The second-order valence-corrected chi connectivity index (χ2v) is 8.82. The number of carbonyl (C=O) groups excluding carboxylic acids is 2. The van der Waals surface area contributed by atoms with Gasteiger partial charge < -0.3 is 14.2 Å². The summed E-state index contributed by atoms with van der Waals surface area (Å²) in [4.78, 5) is 28.8. The van der Waals surface area contributed by atoms with Gasteiger partial charge in [-0.15, -0.1) is 10.2 Å². The largest absolute Gasteiger partial charge is 0.408 e. The highest BCUT2D eigenvalue weighted by Crippen LogP contribution is 2.27. The average Bonchev–Trinajstić information content (AvgIpc) is 2.92. The molecule has 0 spiro atoms. The Morgan fingerprint density at radius 3 is 2.44 bits per heavy atom. The van der Waals surface area contributed by atoms with E-state index in [1.807, 2.05) is 27.9 Å². The summed E-state index contributed by atoms with van der Waals surface area (Å²) in [5.41, 5.74) is 0. The topological polar surface area (TPSA) is 79.5 Å². The number of amides is 1. The number of hydrogen-bond acceptors (Lipinski definition) is 7. The van der Waals surface area contributed by atoms with Gasteiger partial charge >= 0.3 is 0 Å². The van der Waals surface area contributed by atoms with Gasteiger partial charge in [0.15, 0.2) is 0 Å². The Balaban J connectivity index is 2.11. The summed E-state index contributed by atoms with van der Waals surface area (Å²) in [7, 11) is 4.00. The number of hydrogen-bond donors (Lipinski definition) is 0. The summed E-state index contributed by atoms with van der Waals surface area (Å²) in [6, 6.07) is -0.455. The monoisotopic (exact) mass is 396 g/mol. The second kappa shape index (κ2) is 10.8. The third-order valence-electron chi connectivity index (χ3n) is 4.97. The van der Waals surface area contributed by atoms with E-state index in [0.29, 0.717) is 5.22 Å². The normalized spacial score (nSPS) is 17.1. The zero-order chi connectivity index (χ0) is 19.8. The molecule has 8 heteroatoms. The fourth-order valence-electron chi connectivity index (χ4n) is 3.53. The van der Waals surface area contributed by atoms with Gasteiger partial charge in [0.2, 0.25) is 12.2 Å². The van der Waals surface area contributed by atoms with Gasteiger partial charge in [0, 0.05) is 18.3 Å². The van der Waals surface area contributed by atoms with Gasteiger partial charge in [-0.3, -0.25) is 9.59 Å². The predicted octanol–water partition coefficient (Wildman–Crippen LogP) is 3.11. The summed E-state index contributed by atoms with van der Waals surface area (Å²) in [6.07, 6.45) is 7.32. The number of nitrogens with zero attached hydrogens (tertiary/aromatic N) is 4. The molecule has 1 aliphatic carbocycles. The first-order chi connectivity index (χ1) is 12.9. The van der Waals surface area contributed by atoms with Crippen molar-refractivity contribution in [2.45, 2.75) is 69.7 Å². The van der Waals surface area contributed by atoms with Crippen molar-refractivity contribution in [3.8, 4) is 0 Å². The molecule has 0 radical (unpaired) electrons. The molecule has 1 aliphatic rings. The molecule has 0 bridgehead atoms. The Hall–Kier alpha value is -1.41. The van der Waals surface area contributed by atoms with Crippen LogP contribution in [-0.2, 0) is 4.79 Å². The minimum Gasteiger partial charge on any atom is -0.408 e. The first kappa shape index (κ1) is 21.9. The Labute approximate surface area is 166 Å². The van der Waals surface area contributed by atoms with Crippen LogP contribution < -0.4 is 0 Å². The van der Waals surface area contributed by atoms with Crippen molar-refractivity contribution in [1.29, 1.82) is 0 Å². The van der Waals surface area contributed by atoms with Gasteiger partial charge in [-0.2, -0.15) is 0 Å². The third kappa shape index (κ3) is 6.31. The van der Waals surface area contributed by atoms with Crippen molar-refractivity contribution in [1.82, 2.24) is 20.0 Å². The molecule has 0 unspecified atom stereocenters. The highest BCUT2D eigenvalue weighted by atomic mass is 32.2. The summed E-state index contributed by atoms with van der Waals surface area (Å²) >= 11 is 1.43. The molecule has 1 aromatic heterocycles. The predicted molar refractivity (Wildman–Crippen MR) is 106 cm³/mol. The molecule has 27 heavy (non-hydrogen) atoms. The van der Waals surface area contributed by atoms with E-state index < -0.39 is 6.04 Å². The van der Waals surface area contributed by atoms with Crippen molar-refractivity contribution in [3.05, 3.63) is 5.89 Å². The lowest BCUT2D eigenvalue weighted by molar-refractivity contribution is -0.123. The van der Waals surface area contributed by atoms with Crippen LogP contribution in [0, 0.1) is 5.92 Å². The fourth-order valence-corrected chi connectivity index (χ4v) is 4.39. The summed E-state index contributed by atoms with van der Waals surface area (Å²) < 4.78 is 5.60. The number of carbonyl (C=O) groups is 2. The zero-order valence-electron chi connectivity index (χ0n) is 16.9. The fraction of sp³-hybridized carbons (Fsp3) is 0.789. The molecule has 152 valence electrons. The Bertz CT molecular complexity index is 598. The molecule has 0 saturated heterocycles. The van der Waals surface area contributed by atoms with Crippen LogP contribution >= 0.6 is 11.8 Å². The first-order valence-electron chi connectivity index (χ1n) is 9.82. The van der Waals surface area contributed by atoms with Crippen LogP contribution in [-0.4, -0.2) is 70.7 Å². The summed E-state index contributed by atoms with van der Waals surface area (Å²) in [5.74, 6) is 0.524. The quantitative estimate of drug-likeness (QED) is 0.260. The van der Waals surface area contributed by atoms with E-state index >= 15 is 0 Å². The van der Waals surface area contributed by atoms with Crippen LogP contribution in [0.5, 0.6) is 0 Å². The molecular formula is C19H32N4O3S. The van der Waals surface area contributed by atoms with Crippen LogP contribution in [0.15, 0.2) is 9.64 Å². The van der Waals surface area contributed by atoms with Crippen LogP contribution in [0.25, 0.3) is 0 Å². The van der Waals surface area contributed by atoms with Gasteiger partial charge in [-0.25, -0.2) is 0 Å². The smallest absolute Gasteiger partial charge is 0.286 e. The van der Waals surface area contributed by atoms with Crippen molar-refractivity contribution < 1.29 is 14.0 Å². The van der Waals surface area contributed by atoms with E-state index in [4.69, 9.17) is 4.42 Å². The molecule has 1 atom stereocenters. The first-order valence-corrected chi connectivity index (χ1v) is 10.8. The minimum atomic E-state index is -0.564. The van der Waals surface area contributed by atoms with E-state index in [-0.39, 0.29) is 23.6 Å². The Kier molecular flexibility index (Phi) is 8.76. The van der Waals surface area contributed by atoms with E-state index in [2.05, 4.69) is 15.1 Å². The molecule has 1 aromatic rings. The molecule has 1 saturated carbocycles. The molecule has 7 nitrogen and oxygen atoms in total. The Morgan fingerprint density at radius 1 is 1.22 bits per heavy atom. The lowest BCUT2D eigenvalue weighted by Gasteiger charge is -2.35. The second-order valence-electron chi connectivity index (χ2n) is 7.78. The molecule has 0 N–H and O–H groups in total. The van der Waals surface area contributed by atoms with Gasteiger partial charge in [0.25, 0.3) is 11.1 Å². The number of Topliss-reactive ketones (excluding diaryl/α,β-unsaturated/α-hetero) is 1. The molecule has 1 fully saturated rings. The van der Waals surface area contributed by atoms with Gasteiger partial charge in [-0.1, -0.05) is 51.3 Å². The molecular weight excluding hydrogens is 364 g/mol. The number of rotatable bonds is 10. The van der Waals surface area contributed by atoms with Crippen LogP contribution in [0.2, 0.25) is 0 Å². The summed E-state index contributed by atoms with van der Waals surface area (Å²) in [6.45, 7) is 4.79. The molecule has 2 rings (SSSR count). The Morgan fingerprint density at radius 2 is 1.89 bits per heavy atom. The maximum absolute atomic E-state index is 13.1. The van der Waals surface area contributed by atoms with E-state index in [0.717, 1.165) is 44.4 Å². The van der Waals surface area contributed by atoms with Crippen LogP contribution in [0.4, 0.5) is 0 Å². The molecule has 1 amide bonds. The standard InChI is InChI=1S/C19H32N4O3S/c1-14(2)16(23(13-24)15-9-7-5-6-8-10-15)17(25)18-20-21-19(26-18)27-12-11-22(3)4/h13-16H,5-12H2,1-4H3/t16-/m0/s1.